The summed E-state index contributed by atoms with van der Waals surface area (Å²) in [5, 5.41) is 9.13. The van der Waals surface area contributed by atoms with E-state index in [1.807, 2.05) is 31.0 Å². The first-order chi connectivity index (χ1) is 8.76. The molecule has 0 saturated heterocycles. The number of hydrogen-bond donors (Lipinski definition) is 1. The van der Waals surface area contributed by atoms with E-state index in [4.69, 9.17) is 9.84 Å². The lowest BCUT2D eigenvalue weighted by atomic mass is 9.93. The molecule has 19 heavy (non-hydrogen) atoms. The lowest BCUT2D eigenvalue weighted by molar-refractivity contribution is -0.147. The zero-order chi connectivity index (χ0) is 14.6. The number of aryl methyl sites for hydroxylation is 1. The predicted octanol–water partition coefficient (Wildman–Crippen LogP) is 2.55. The number of aliphatic carboxylic acids is 1. The van der Waals surface area contributed by atoms with Gasteiger partial charge in [-0.25, -0.2) is 0 Å². The predicted molar refractivity (Wildman–Crippen MR) is 75.5 cm³/mol. The van der Waals surface area contributed by atoms with E-state index in [0.29, 0.717) is 6.54 Å². The van der Waals surface area contributed by atoms with Crippen LogP contribution in [0.5, 0.6) is 5.75 Å². The molecule has 0 aliphatic rings. The van der Waals surface area contributed by atoms with E-state index in [-0.39, 0.29) is 0 Å². The summed E-state index contributed by atoms with van der Waals surface area (Å²) in [7, 11) is 3.59. The zero-order valence-electron chi connectivity index (χ0n) is 12.4. The van der Waals surface area contributed by atoms with Crippen LogP contribution in [0.15, 0.2) is 18.2 Å². The molecule has 0 saturated carbocycles. The van der Waals surface area contributed by atoms with E-state index in [0.717, 1.165) is 23.4 Å². The fourth-order valence-corrected chi connectivity index (χ4v) is 2.15. The fourth-order valence-electron chi connectivity index (χ4n) is 2.15. The van der Waals surface area contributed by atoms with Crippen LogP contribution in [0, 0.1) is 12.3 Å². The minimum Gasteiger partial charge on any atom is -0.496 e. The molecule has 1 aromatic rings. The molecule has 0 aliphatic heterocycles. The van der Waals surface area contributed by atoms with Crippen LogP contribution in [0.4, 0.5) is 0 Å². The maximum Gasteiger partial charge on any atom is 0.310 e. The SMILES string of the molecule is COc1ccc(CN(C)CC(C)(C)C(=O)O)cc1C. The first-order valence-electron chi connectivity index (χ1n) is 6.31. The Kier molecular flexibility index (Phi) is 4.95. The Morgan fingerprint density at radius 2 is 2.05 bits per heavy atom. The summed E-state index contributed by atoms with van der Waals surface area (Å²) in [4.78, 5) is 13.1. The van der Waals surface area contributed by atoms with Crippen LogP contribution < -0.4 is 4.74 Å². The van der Waals surface area contributed by atoms with Gasteiger partial charge in [0.2, 0.25) is 0 Å². The van der Waals surface area contributed by atoms with Gasteiger partial charge in [-0.3, -0.25) is 4.79 Å². The lowest BCUT2D eigenvalue weighted by Crippen LogP contribution is -2.36. The minimum absolute atomic E-state index is 0.507. The molecule has 0 aliphatic carbocycles. The molecule has 0 atom stereocenters. The third-order valence-electron chi connectivity index (χ3n) is 3.16. The minimum atomic E-state index is -0.773. The van der Waals surface area contributed by atoms with Crippen LogP contribution in [0.2, 0.25) is 0 Å². The molecule has 0 bridgehead atoms. The number of benzene rings is 1. The molecule has 1 aromatic carbocycles. The summed E-state index contributed by atoms with van der Waals surface area (Å²) in [6, 6.07) is 6.03. The first-order valence-corrected chi connectivity index (χ1v) is 6.31. The summed E-state index contributed by atoms with van der Waals surface area (Å²) < 4.78 is 5.23. The highest BCUT2D eigenvalue weighted by Crippen LogP contribution is 2.21. The van der Waals surface area contributed by atoms with Crippen molar-refractivity contribution in [3.05, 3.63) is 29.3 Å². The van der Waals surface area contributed by atoms with E-state index in [9.17, 15) is 4.79 Å². The van der Waals surface area contributed by atoms with Gasteiger partial charge in [-0.05, 0) is 45.0 Å². The second-order valence-corrected chi connectivity index (χ2v) is 5.67. The normalized spacial score (nSPS) is 11.7. The molecule has 0 radical (unpaired) electrons. The molecule has 106 valence electrons. The molecule has 1 N–H and O–H groups in total. The highest BCUT2D eigenvalue weighted by Gasteiger charge is 2.28. The fraction of sp³-hybridized carbons (Fsp3) is 0.533. The molecule has 0 fully saturated rings. The number of carboxylic acids is 1. The topological polar surface area (TPSA) is 49.8 Å². The van der Waals surface area contributed by atoms with E-state index in [2.05, 4.69) is 6.07 Å². The van der Waals surface area contributed by atoms with Gasteiger partial charge >= 0.3 is 5.97 Å². The van der Waals surface area contributed by atoms with Crippen molar-refractivity contribution < 1.29 is 14.6 Å². The Labute approximate surface area is 115 Å². The third kappa shape index (κ3) is 4.24. The molecular weight excluding hydrogens is 242 g/mol. The molecule has 0 aromatic heterocycles. The number of rotatable bonds is 6. The van der Waals surface area contributed by atoms with Crippen molar-refractivity contribution in [3.63, 3.8) is 0 Å². The molecule has 1 rings (SSSR count). The first kappa shape index (κ1) is 15.5. The van der Waals surface area contributed by atoms with Crippen molar-refractivity contribution in [2.45, 2.75) is 27.3 Å². The summed E-state index contributed by atoms with van der Waals surface area (Å²) >= 11 is 0. The van der Waals surface area contributed by atoms with Crippen LogP contribution >= 0.6 is 0 Å². The highest BCUT2D eigenvalue weighted by atomic mass is 16.5. The van der Waals surface area contributed by atoms with Gasteiger partial charge in [0.05, 0.1) is 12.5 Å². The van der Waals surface area contributed by atoms with Crippen LogP contribution in [0.25, 0.3) is 0 Å². The standard InChI is InChI=1S/C15H23NO3/c1-11-8-12(6-7-13(11)19-5)9-16(4)10-15(2,3)14(17)18/h6-8H,9-10H2,1-5H3,(H,17,18). The number of methoxy groups -OCH3 is 1. The van der Waals surface area contributed by atoms with Gasteiger partial charge in [0, 0.05) is 13.1 Å². The van der Waals surface area contributed by atoms with Crippen molar-refractivity contribution >= 4 is 5.97 Å². The van der Waals surface area contributed by atoms with E-state index >= 15 is 0 Å². The van der Waals surface area contributed by atoms with Gasteiger partial charge in [-0.1, -0.05) is 12.1 Å². The van der Waals surface area contributed by atoms with Gasteiger partial charge in [-0.15, -0.1) is 0 Å². The van der Waals surface area contributed by atoms with Gasteiger partial charge in [0.1, 0.15) is 5.75 Å². The Morgan fingerprint density at radius 3 is 2.53 bits per heavy atom. The second-order valence-electron chi connectivity index (χ2n) is 5.67. The van der Waals surface area contributed by atoms with E-state index in [1.165, 1.54) is 0 Å². The smallest absolute Gasteiger partial charge is 0.310 e. The zero-order valence-corrected chi connectivity index (χ0v) is 12.4. The van der Waals surface area contributed by atoms with Crippen molar-refractivity contribution in [1.29, 1.82) is 0 Å². The van der Waals surface area contributed by atoms with Crippen molar-refractivity contribution in [2.75, 3.05) is 20.7 Å². The molecular formula is C15H23NO3. The van der Waals surface area contributed by atoms with E-state index < -0.39 is 11.4 Å². The maximum absolute atomic E-state index is 11.1. The molecule has 4 nitrogen and oxygen atoms in total. The van der Waals surface area contributed by atoms with Gasteiger partial charge in [-0.2, -0.15) is 0 Å². The maximum atomic E-state index is 11.1. The quantitative estimate of drug-likeness (QED) is 0.858. The number of hydrogen-bond acceptors (Lipinski definition) is 3. The average molecular weight is 265 g/mol. The van der Waals surface area contributed by atoms with Gasteiger partial charge < -0.3 is 14.7 Å². The number of carbonyl (C=O) groups is 1. The van der Waals surface area contributed by atoms with Gasteiger partial charge in [0.15, 0.2) is 0 Å². The van der Waals surface area contributed by atoms with Crippen molar-refractivity contribution in [1.82, 2.24) is 4.90 Å². The molecule has 0 heterocycles. The Balaban J connectivity index is 2.70. The van der Waals surface area contributed by atoms with Crippen molar-refractivity contribution in [2.24, 2.45) is 5.41 Å². The molecule has 4 heteroatoms. The third-order valence-corrected chi connectivity index (χ3v) is 3.16. The number of carboxylic acid groups (broad SMARTS) is 1. The summed E-state index contributed by atoms with van der Waals surface area (Å²) in [5.74, 6) is 0.0996. The Morgan fingerprint density at radius 1 is 1.42 bits per heavy atom. The Hall–Kier alpha value is -1.55. The lowest BCUT2D eigenvalue weighted by Gasteiger charge is -2.26. The number of nitrogens with zero attached hydrogens (tertiary/aromatic N) is 1. The molecule has 0 amide bonds. The van der Waals surface area contributed by atoms with E-state index in [1.54, 1.807) is 21.0 Å². The van der Waals surface area contributed by atoms with Crippen LogP contribution in [-0.2, 0) is 11.3 Å². The summed E-state index contributed by atoms with van der Waals surface area (Å²) in [6.07, 6.45) is 0. The van der Waals surface area contributed by atoms with Crippen LogP contribution in [0.1, 0.15) is 25.0 Å². The van der Waals surface area contributed by atoms with Gasteiger partial charge in [0.25, 0.3) is 0 Å². The van der Waals surface area contributed by atoms with Crippen LogP contribution in [0.3, 0.4) is 0 Å². The summed E-state index contributed by atoms with van der Waals surface area (Å²) in [6.45, 7) is 6.72. The second kappa shape index (κ2) is 6.06. The molecule has 0 spiro atoms. The van der Waals surface area contributed by atoms with Crippen molar-refractivity contribution in [3.8, 4) is 5.75 Å². The monoisotopic (exact) mass is 265 g/mol. The summed E-state index contributed by atoms with van der Waals surface area (Å²) in [5.41, 5.74) is 1.50. The largest absolute Gasteiger partial charge is 0.496 e. The highest BCUT2D eigenvalue weighted by molar-refractivity contribution is 5.73. The number of ether oxygens (including phenoxy) is 1. The molecule has 0 unspecified atom stereocenters. The average Bonchev–Trinajstić information content (AvgIpc) is 2.28. The Bertz CT molecular complexity index is 455. The van der Waals surface area contributed by atoms with Crippen LogP contribution in [-0.4, -0.2) is 36.7 Å².